The predicted molar refractivity (Wildman–Crippen MR) is 87.2 cm³/mol. The second kappa shape index (κ2) is 7.24. The molecule has 1 aliphatic heterocycles. The van der Waals surface area contributed by atoms with Gasteiger partial charge in [-0.3, -0.25) is 0 Å². The quantitative estimate of drug-likeness (QED) is 0.881. The number of likely N-dealkylation sites (tertiary alicyclic amines) is 1. The third kappa shape index (κ3) is 3.83. The van der Waals surface area contributed by atoms with Gasteiger partial charge >= 0.3 is 0 Å². The molecule has 2 heteroatoms. The number of hydrogen-bond acceptors (Lipinski definition) is 2. The molecule has 0 radical (unpaired) electrons. The van der Waals surface area contributed by atoms with Gasteiger partial charge in [-0.05, 0) is 63.9 Å². The van der Waals surface area contributed by atoms with Crippen molar-refractivity contribution >= 4 is 0 Å². The second-order valence-electron chi connectivity index (χ2n) is 6.35. The van der Waals surface area contributed by atoms with E-state index < -0.39 is 0 Å². The fraction of sp³-hybridized carbons (Fsp3) is 0.667. The van der Waals surface area contributed by atoms with Crippen molar-refractivity contribution in [3.05, 3.63) is 34.9 Å². The first-order valence-corrected chi connectivity index (χ1v) is 8.10. The lowest BCUT2D eigenvalue weighted by Crippen LogP contribution is -2.39. The normalized spacial score (nSPS) is 19.2. The van der Waals surface area contributed by atoms with Gasteiger partial charge in [0.15, 0.2) is 0 Å². The number of piperidine rings is 1. The Balaban J connectivity index is 2.00. The zero-order valence-corrected chi connectivity index (χ0v) is 13.6. The molecule has 20 heavy (non-hydrogen) atoms. The highest BCUT2D eigenvalue weighted by Crippen LogP contribution is 2.24. The SMILES string of the molecule is CCC1CCN(CC(NC)c2cc(C)ccc2C)CC1. The van der Waals surface area contributed by atoms with Crippen molar-refractivity contribution in [1.29, 1.82) is 0 Å². The minimum Gasteiger partial charge on any atom is -0.312 e. The first kappa shape index (κ1) is 15.5. The minimum atomic E-state index is 0.452. The number of benzene rings is 1. The van der Waals surface area contributed by atoms with E-state index in [4.69, 9.17) is 0 Å². The maximum atomic E-state index is 3.52. The molecule has 2 nitrogen and oxygen atoms in total. The van der Waals surface area contributed by atoms with Crippen molar-refractivity contribution in [3.63, 3.8) is 0 Å². The monoisotopic (exact) mass is 274 g/mol. The molecule has 1 fully saturated rings. The van der Waals surface area contributed by atoms with Gasteiger partial charge in [0, 0.05) is 12.6 Å². The van der Waals surface area contributed by atoms with Gasteiger partial charge in [-0.15, -0.1) is 0 Å². The largest absolute Gasteiger partial charge is 0.312 e. The number of rotatable bonds is 5. The lowest BCUT2D eigenvalue weighted by molar-refractivity contribution is 0.167. The molecule has 0 bridgehead atoms. The Morgan fingerprint density at radius 2 is 1.95 bits per heavy atom. The summed E-state index contributed by atoms with van der Waals surface area (Å²) < 4.78 is 0. The van der Waals surface area contributed by atoms with Crippen LogP contribution in [0.15, 0.2) is 18.2 Å². The predicted octanol–water partition coefficient (Wildman–Crippen LogP) is 3.69. The van der Waals surface area contributed by atoms with Crippen LogP contribution in [0.2, 0.25) is 0 Å². The standard InChI is InChI=1S/C18H30N2/c1-5-16-8-10-20(11-9-16)13-18(19-4)17-12-14(2)6-7-15(17)3/h6-7,12,16,18-19H,5,8-11,13H2,1-4H3. The van der Waals surface area contributed by atoms with Gasteiger partial charge in [0.2, 0.25) is 0 Å². The average molecular weight is 274 g/mol. The van der Waals surface area contributed by atoms with Gasteiger partial charge < -0.3 is 10.2 Å². The fourth-order valence-electron chi connectivity index (χ4n) is 3.32. The molecule has 1 atom stereocenters. The third-order valence-corrected chi connectivity index (χ3v) is 4.88. The first-order valence-electron chi connectivity index (χ1n) is 8.10. The second-order valence-corrected chi connectivity index (χ2v) is 6.35. The van der Waals surface area contributed by atoms with Crippen molar-refractivity contribution in [2.45, 2.75) is 46.1 Å². The summed E-state index contributed by atoms with van der Waals surface area (Å²) in [4.78, 5) is 2.63. The maximum Gasteiger partial charge on any atom is 0.0449 e. The Labute approximate surface area is 124 Å². The summed E-state index contributed by atoms with van der Waals surface area (Å²) in [5, 5.41) is 3.52. The van der Waals surface area contributed by atoms with Crippen LogP contribution in [-0.2, 0) is 0 Å². The van der Waals surface area contributed by atoms with Crippen molar-refractivity contribution < 1.29 is 0 Å². The van der Waals surface area contributed by atoms with Crippen molar-refractivity contribution in [2.75, 3.05) is 26.7 Å². The topological polar surface area (TPSA) is 15.3 Å². The zero-order chi connectivity index (χ0) is 14.5. The summed E-state index contributed by atoms with van der Waals surface area (Å²) in [6.07, 6.45) is 4.10. The van der Waals surface area contributed by atoms with E-state index in [0.29, 0.717) is 6.04 Å². The molecule has 0 spiro atoms. The van der Waals surface area contributed by atoms with E-state index >= 15 is 0 Å². The van der Waals surface area contributed by atoms with Crippen LogP contribution in [0.4, 0.5) is 0 Å². The molecule has 1 aromatic carbocycles. The van der Waals surface area contributed by atoms with Crippen LogP contribution < -0.4 is 5.32 Å². The van der Waals surface area contributed by atoms with Gasteiger partial charge in [-0.2, -0.15) is 0 Å². The van der Waals surface area contributed by atoms with Crippen molar-refractivity contribution in [1.82, 2.24) is 10.2 Å². The molecule has 0 aliphatic carbocycles. The summed E-state index contributed by atoms with van der Waals surface area (Å²) in [6.45, 7) is 10.4. The Bertz CT molecular complexity index is 419. The van der Waals surface area contributed by atoms with Gasteiger partial charge in [0.25, 0.3) is 0 Å². The van der Waals surface area contributed by atoms with E-state index in [1.54, 1.807) is 0 Å². The molecule has 1 saturated heterocycles. The van der Waals surface area contributed by atoms with E-state index in [9.17, 15) is 0 Å². The molecule has 1 N–H and O–H groups in total. The van der Waals surface area contributed by atoms with Gasteiger partial charge in [-0.1, -0.05) is 37.1 Å². The van der Waals surface area contributed by atoms with Crippen LogP contribution in [-0.4, -0.2) is 31.6 Å². The number of nitrogens with zero attached hydrogens (tertiary/aromatic N) is 1. The van der Waals surface area contributed by atoms with Crippen LogP contribution in [0, 0.1) is 19.8 Å². The maximum absolute atomic E-state index is 3.52. The molecule has 1 aliphatic rings. The van der Waals surface area contributed by atoms with E-state index in [1.165, 1.54) is 49.0 Å². The lowest BCUT2D eigenvalue weighted by Gasteiger charge is -2.34. The summed E-state index contributed by atoms with van der Waals surface area (Å²) in [6, 6.07) is 7.25. The van der Waals surface area contributed by atoms with E-state index in [2.05, 4.69) is 56.2 Å². The Hall–Kier alpha value is -0.860. The van der Waals surface area contributed by atoms with Crippen LogP contribution in [0.3, 0.4) is 0 Å². The third-order valence-electron chi connectivity index (χ3n) is 4.88. The average Bonchev–Trinajstić information content (AvgIpc) is 2.48. The molecular formula is C18H30N2. The number of hydrogen-bond donors (Lipinski definition) is 1. The van der Waals surface area contributed by atoms with E-state index in [0.717, 1.165) is 12.5 Å². The van der Waals surface area contributed by atoms with E-state index in [-0.39, 0.29) is 0 Å². The smallest absolute Gasteiger partial charge is 0.0449 e. The van der Waals surface area contributed by atoms with E-state index in [1.807, 2.05) is 0 Å². The molecule has 1 unspecified atom stereocenters. The Morgan fingerprint density at radius 3 is 2.55 bits per heavy atom. The van der Waals surface area contributed by atoms with Crippen LogP contribution in [0.1, 0.15) is 48.9 Å². The summed E-state index contributed by atoms with van der Waals surface area (Å²) in [5.74, 6) is 0.958. The molecule has 2 rings (SSSR count). The van der Waals surface area contributed by atoms with Crippen molar-refractivity contribution in [3.8, 4) is 0 Å². The summed E-state index contributed by atoms with van der Waals surface area (Å²) >= 11 is 0. The highest BCUT2D eigenvalue weighted by Gasteiger charge is 2.21. The zero-order valence-electron chi connectivity index (χ0n) is 13.6. The lowest BCUT2D eigenvalue weighted by atomic mass is 9.93. The molecule has 0 saturated carbocycles. The van der Waals surface area contributed by atoms with Crippen LogP contribution in [0.25, 0.3) is 0 Å². The number of nitrogens with one attached hydrogen (secondary N) is 1. The van der Waals surface area contributed by atoms with Gasteiger partial charge in [-0.25, -0.2) is 0 Å². The molecule has 0 amide bonds. The summed E-state index contributed by atoms with van der Waals surface area (Å²) in [5.41, 5.74) is 4.22. The number of likely N-dealkylation sites (N-methyl/N-ethyl adjacent to an activating group) is 1. The molecule has 1 aromatic rings. The van der Waals surface area contributed by atoms with Crippen LogP contribution >= 0.6 is 0 Å². The minimum absolute atomic E-state index is 0.452. The Kier molecular flexibility index (Phi) is 5.62. The highest BCUT2D eigenvalue weighted by atomic mass is 15.1. The van der Waals surface area contributed by atoms with Gasteiger partial charge in [0.05, 0.1) is 0 Å². The van der Waals surface area contributed by atoms with Crippen LogP contribution in [0.5, 0.6) is 0 Å². The summed E-state index contributed by atoms with van der Waals surface area (Å²) in [7, 11) is 2.09. The fourth-order valence-corrected chi connectivity index (χ4v) is 3.32. The Morgan fingerprint density at radius 1 is 1.25 bits per heavy atom. The first-order chi connectivity index (χ1) is 9.63. The highest BCUT2D eigenvalue weighted by molar-refractivity contribution is 5.33. The number of aryl methyl sites for hydroxylation is 2. The van der Waals surface area contributed by atoms with Gasteiger partial charge in [0.1, 0.15) is 0 Å². The molecular weight excluding hydrogens is 244 g/mol. The molecule has 0 aromatic heterocycles. The molecule has 112 valence electrons. The molecule has 1 heterocycles. The van der Waals surface area contributed by atoms with Crippen molar-refractivity contribution in [2.24, 2.45) is 5.92 Å².